The lowest BCUT2D eigenvalue weighted by molar-refractivity contribution is -0.115. The molecular weight excluding hydrogens is 334 g/mol. The van der Waals surface area contributed by atoms with Crippen LogP contribution in [-0.4, -0.2) is 26.0 Å². The van der Waals surface area contributed by atoms with E-state index in [9.17, 15) is 4.79 Å². The SMILES string of the molecule is CCc1cccc(CC)c1NC(=O)[C@@H](C)Sc1nnc(C(C)C)n1N. The van der Waals surface area contributed by atoms with E-state index in [2.05, 4.69) is 41.5 Å². The van der Waals surface area contributed by atoms with Gasteiger partial charge in [-0.25, -0.2) is 4.68 Å². The average molecular weight is 362 g/mol. The molecule has 0 aliphatic heterocycles. The highest BCUT2D eigenvalue weighted by Gasteiger charge is 2.21. The van der Waals surface area contributed by atoms with Crippen LogP contribution < -0.4 is 11.2 Å². The Bertz CT molecular complexity index is 719. The normalized spacial score (nSPS) is 12.4. The Labute approximate surface area is 153 Å². The molecule has 6 nitrogen and oxygen atoms in total. The number of thioether (sulfide) groups is 1. The second-order valence-corrected chi connectivity index (χ2v) is 7.58. The van der Waals surface area contributed by atoms with Gasteiger partial charge in [0.1, 0.15) is 0 Å². The molecule has 0 fully saturated rings. The molecule has 0 radical (unpaired) electrons. The first-order valence-electron chi connectivity index (χ1n) is 8.67. The molecule has 0 saturated heterocycles. The molecule has 1 atom stereocenters. The molecule has 0 bridgehead atoms. The van der Waals surface area contributed by atoms with Crippen LogP contribution >= 0.6 is 11.8 Å². The summed E-state index contributed by atoms with van der Waals surface area (Å²) in [6.07, 6.45) is 1.75. The maximum atomic E-state index is 12.7. The Hall–Kier alpha value is -2.02. The summed E-state index contributed by atoms with van der Waals surface area (Å²) in [6.45, 7) is 10.0. The van der Waals surface area contributed by atoms with E-state index >= 15 is 0 Å². The number of aromatic nitrogens is 3. The number of carbonyl (C=O) groups is 1. The minimum absolute atomic E-state index is 0.0605. The topological polar surface area (TPSA) is 85.8 Å². The molecule has 1 aromatic carbocycles. The molecule has 0 aliphatic carbocycles. The molecule has 0 aliphatic rings. The largest absolute Gasteiger partial charge is 0.336 e. The van der Waals surface area contributed by atoms with Crippen LogP contribution in [0.2, 0.25) is 0 Å². The van der Waals surface area contributed by atoms with E-state index in [0.29, 0.717) is 11.0 Å². The van der Waals surface area contributed by atoms with Gasteiger partial charge >= 0.3 is 0 Å². The van der Waals surface area contributed by atoms with Gasteiger partial charge in [0.2, 0.25) is 11.1 Å². The Morgan fingerprint density at radius 2 is 1.80 bits per heavy atom. The van der Waals surface area contributed by atoms with E-state index in [-0.39, 0.29) is 17.1 Å². The molecule has 136 valence electrons. The zero-order chi connectivity index (χ0) is 18.6. The first-order chi connectivity index (χ1) is 11.9. The summed E-state index contributed by atoms with van der Waals surface area (Å²) in [5.74, 6) is 6.86. The summed E-state index contributed by atoms with van der Waals surface area (Å²) in [7, 11) is 0. The quantitative estimate of drug-likeness (QED) is 0.583. The molecule has 0 spiro atoms. The van der Waals surface area contributed by atoms with E-state index in [4.69, 9.17) is 5.84 Å². The van der Waals surface area contributed by atoms with Gasteiger partial charge in [0.25, 0.3) is 0 Å². The molecule has 25 heavy (non-hydrogen) atoms. The van der Waals surface area contributed by atoms with Crippen molar-refractivity contribution in [1.82, 2.24) is 14.9 Å². The third kappa shape index (κ3) is 4.34. The van der Waals surface area contributed by atoms with Crippen LogP contribution in [0.1, 0.15) is 57.5 Å². The number of hydrogen-bond acceptors (Lipinski definition) is 5. The van der Waals surface area contributed by atoms with Crippen molar-refractivity contribution in [3.05, 3.63) is 35.2 Å². The molecule has 0 unspecified atom stereocenters. The number of para-hydroxylation sites is 1. The van der Waals surface area contributed by atoms with E-state index in [0.717, 1.165) is 29.7 Å². The Balaban J connectivity index is 2.14. The van der Waals surface area contributed by atoms with Gasteiger partial charge in [-0.15, -0.1) is 10.2 Å². The van der Waals surface area contributed by atoms with Gasteiger partial charge in [0.15, 0.2) is 5.82 Å². The average Bonchev–Trinajstić information content (AvgIpc) is 2.95. The fourth-order valence-electron chi connectivity index (χ4n) is 2.60. The van der Waals surface area contributed by atoms with Crippen LogP contribution in [0.5, 0.6) is 0 Å². The minimum Gasteiger partial charge on any atom is -0.336 e. The van der Waals surface area contributed by atoms with E-state index in [1.807, 2.05) is 26.8 Å². The molecule has 2 rings (SSSR count). The van der Waals surface area contributed by atoms with Gasteiger partial charge in [-0.3, -0.25) is 4.79 Å². The number of benzene rings is 1. The van der Waals surface area contributed by atoms with Gasteiger partial charge in [0, 0.05) is 11.6 Å². The summed E-state index contributed by atoms with van der Waals surface area (Å²) in [5, 5.41) is 11.5. The lowest BCUT2D eigenvalue weighted by atomic mass is 10.0. The molecule has 1 aromatic heterocycles. The number of anilines is 1. The predicted octanol–water partition coefficient (Wildman–Crippen LogP) is 3.36. The van der Waals surface area contributed by atoms with Gasteiger partial charge in [-0.1, -0.05) is 57.7 Å². The summed E-state index contributed by atoms with van der Waals surface area (Å²) in [4.78, 5) is 12.7. The van der Waals surface area contributed by atoms with E-state index in [1.165, 1.54) is 16.4 Å². The number of aryl methyl sites for hydroxylation is 2. The van der Waals surface area contributed by atoms with Crippen LogP contribution in [0.3, 0.4) is 0 Å². The second kappa shape index (κ2) is 8.38. The summed E-state index contributed by atoms with van der Waals surface area (Å²) >= 11 is 1.32. The standard InChI is InChI=1S/C18H27N5OS/c1-6-13-9-8-10-14(7-2)15(13)20-17(24)12(5)25-18-22-21-16(11(3)4)23(18)19/h8-12H,6-7,19H2,1-5H3,(H,20,24)/t12-/m1/s1. The van der Waals surface area contributed by atoms with Crippen LogP contribution in [-0.2, 0) is 17.6 Å². The Morgan fingerprint density at radius 1 is 1.20 bits per heavy atom. The van der Waals surface area contributed by atoms with Crippen molar-refractivity contribution >= 4 is 23.4 Å². The number of nitrogens with one attached hydrogen (secondary N) is 1. The van der Waals surface area contributed by atoms with Gasteiger partial charge in [0.05, 0.1) is 5.25 Å². The predicted molar refractivity (Wildman–Crippen MR) is 103 cm³/mol. The first kappa shape index (κ1) is 19.3. The minimum atomic E-state index is -0.332. The van der Waals surface area contributed by atoms with Crippen molar-refractivity contribution in [3.63, 3.8) is 0 Å². The highest BCUT2D eigenvalue weighted by molar-refractivity contribution is 8.00. The van der Waals surface area contributed by atoms with Crippen molar-refractivity contribution < 1.29 is 4.79 Å². The molecule has 7 heteroatoms. The lowest BCUT2D eigenvalue weighted by Crippen LogP contribution is -2.25. The third-order valence-electron chi connectivity index (χ3n) is 4.11. The number of amides is 1. The highest BCUT2D eigenvalue weighted by atomic mass is 32.2. The van der Waals surface area contributed by atoms with Crippen molar-refractivity contribution in [2.75, 3.05) is 11.2 Å². The number of carbonyl (C=O) groups excluding carboxylic acids is 1. The molecule has 3 N–H and O–H groups in total. The third-order valence-corrected chi connectivity index (χ3v) is 5.16. The second-order valence-electron chi connectivity index (χ2n) is 6.27. The Morgan fingerprint density at radius 3 is 2.28 bits per heavy atom. The summed E-state index contributed by atoms with van der Waals surface area (Å²) in [5.41, 5.74) is 3.23. The Kier molecular flexibility index (Phi) is 6.47. The van der Waals surface area contributed by atoms with Crippen LogP contribution in [0.15, 0.2) is 23.4 Å². The fraction of sp³-hybridized carbons (Fsp3) is 0.500. The monoisotopic (exact) mass is 361 g/mol. The zero-order valence-corrected chi connectivity index (χ0v) is 16.4. The molecule has 2 aromatic rings. The molecule has 1 amide bonds. The van der Waals surface area contributed by atoms with Crippen molar-refractivity contribution in [3.8, 4) is 0 Å². The number of nitrogen functional groups attached to an aromatic ring is 1. The molecule has 1 heterocycles. The number of nitrogens with two attached hydrogens (primary N) is 1. The lowest BCUT2D eigenvalue weighted by Gasteiger charge is -2.17. The maximum Gasteiger partial charge on any atom is 0.237 e. The van der Waals surface area contributed by atoms with Crippen molar-refractivity contribution in [1.29, 1.82) is 0 Å². The zero-order valence-electron chi connectivity index (χ0n) is 15.5. The van der Waals surface area contributed by atoms with Crippen LogP contribution in [0.4, 0.5) is 5.69 Å². The number of rotatable bonds is 7. The van der Waals surface area contributed by atoms with E-state index < -0.39 is 0 Å². The summed E-state index contributed by atoms with van der Waals surface area (Å²) in [6, 6.07) is 6.14. The van der Waals surface area contributed by atoms with Crippen molar-refractivity contribution in [2.24, 2.45) is 0 Å². The highest BCUT2D eigenvalue weighted by Crippen LogP contribution is 2.26. The van der Waals surface area contributed by atoms with Gasteiger partial charge in [-0.05, 0) is 30.9 Å². The summed E-state index contributed by atoms with van der Waals surface area (Å²) < 4.78 is 1.47. The molecular formula is C18H27N5OS. The van der Waals surface area contributed by atoms with Crippen molar-refractivity contribution in [2.45, 2.75) is 63.8 Å². The maximum absolute atomic E-state index is 12.7. The van der Waals surface area contributed by atoms with Gasteiger partial charge in [-0.2, -0.15) is 0 Å². The van der Waals surface area contributed by atoms with Gasteiger partial charge < -0.3 is 11.2 Å². The fourth-order valence-corrected chi connectivity index (χ4v) is 3.38. The van der Waals surface area contributed by atoms with E-state index in [1.54, 1.807) is 0 Å². The van der Waals surface area contributed by atoms with Crippen LogP contribution in [0, 0.1) is 0 Å². The first-order valence-corrected chi connectivity index (χ1v) is 9.55. The molecule has 0 saturated carbocycles. The smallest absolute Gasteiger partial charge is 0.237 e. The number of hydrogen-bond donors (Lipinski definition) is 2. The number of nitrogens with zero attached hydrogens (tertiary/aromatic N) is 3. The van der Waals surface area contributed by atoms with Crippen LogP contribution in [0.25, 0.3) is 0 Å².